The fourth-order valence-corrected chi connectivity index (χ4v) is 3.57. The van der Waals surface area contributed by atoms with Gasteiger partial charge in [-0.05, 0) is 31.4 Å². The van der Waals surface area contributed by atoms with Crippen molar-refractivity contribution in [2.24, 2.45) is 0 Å². The summed E-state index contributed by atoms with van der Waals surface area (Å²) in [4.78, 5) is 24.9. The van der Waals surface area contributed by atoms with Gasteiger partial charge in [0, 0.05) is 19.0 Å². The average molecular weight is 375 g/mol. The van der Waals surface area contributed by atoms with Crippen molar-refractivity contribution in [3.05, 3.63) is 41.1 Å². The van der Waals surface area contributed by atoms with Crippen LogP contribution in [0.5, 0.6) is 5.75 Å². The molecule has 7 nitrogen and oxygen atoms in total. The summed E-state index contributed by atoms with van der Waals surface area (Å²) >= 11 is 1.18. The van der Waals surface area contributed by atoms with E-state index in [1.54, 1.807) is 20.9 Å². The fraction of sp³-hybridized carbons (Fsp3) is 0.389. The highest BCUT2D eigenvalue weighted by atomic mass is 32.1. The zero-order valence-electron chi connectivity index (χ0n) is 14.9. The minimum atomic E-state index is -0.915. The maximum absolute atomic E-state index is 12.5. The Morgan fingerprint density at radius 3 is 2.92 bits per heavy atom. The van der Waals surface area contributed by atoms with E-state index >= 15 is 0 Å². The van der Waals surface area contributed by atoms with Gasteiger partial charge >= 0.3 is 5.97 Å². The Bertz CT molecular complexity index is 821. The maximum atomic E-state index is 12.5. The van der Waals surface area contributed by atoms with Crippen molar-refractivity contribution in [2.75, 3.05) is 19.0 Å². The average Bonchev–Trinajstić information content (AvgIpc) is 3.02. The Balaban J connectivity index is 1.66. The maximum Gasteiger partial charge on any atom is 0.343 e. The van der Waals surface area contributed by atoms with Crippen LogP contribution in [-0.4, -0.2) is 36.0 Å². The number of carbonyl (C=O) groups excluding carboxylic acids is 2. The Labute approximate surface area is 155 Å². The summed E-state index contributed by atoms with van der Waals surface area (Å²) in [6.45, 7) is 3.83. The molecule has 0 aliphatic carbocycles. The van der Waals surface area contributed by atoms with Gasteiger partial charge in [0.1, 0.15) is 16.3 Å². The predicted octanol–water partition coefficient (Wildman–Crippen LogP) is 2.68. The summed E-state index contributed by atoms with van der Waals surface area (Å²) in [5.74, 6) is -0.130. The lowest BCUT2D eigenvalue weighted by molar-refractivity contribution is -0.130. The van der Waals surface area contributed by atoms with Gasteiger partial charge in [-0.15, -0.1) is 0 Å². The molecule has 3 rings (SSSR count). The van der Waals surface area contributed by atoms with E-state index in [2.05, 4.69) is 15.0 Å². The number of fused-ring (bicyclic) bond motifs is 1. The number of esters is 1. The molecule has 0 saturated carbocycles. The number of para-hydroxylation sites is 1. The van der Waals surface area contributed by atoms with Crippen LogP contribution in [0.15, 0.2) is 24.3 Å². The number of benzene rings is 1. The lowest BCUT2D eigenvalue weighted by Crippen LogP contribution is -2.39. The topological polar surface area (TPSA) is 89.5 Å². The third-order valence-electron chi connectivity index (χ3n) is 4.22. The van der Waals surface area contributed by atoms with E-state index in [-0.39, 0.29) is 11.9 Å². The lowest BCUT2D eigenvalue weighted by atomic mass is 10.0. The highest BCUT2D eigenvalue weighted by Gasteiger charge is 2.28. The zero-order valence-corrected chi connectivity index (χ0v) is 15.7. The first kappa shape index (κ1) is 18.2. The Kier molecular flexibility index (Phi) is 5.41. The summed E-state index contributed by atoms with van der Waals surface area (Å²) in [6, 6.07) is 7.44. The van der Waals surface area contributed by atoms with E-state index in [0.29, 0.717) is 29.3 Å². The van der Waals surface area contributed by atoms with Crippen LogP contribution in [0.2, 0.25) is 0 Å². The molecule has 2 unspecified atom stereocenters. The Morgan fingerprint density at radius 2 is 2.15 bits per heavy atom. The van der Waals surface area contributed by atoms with Gasteiger partial charge in [-0.25, -0.2) is 4.79 Å². The lowest BCUT2D eigenvalue weighted by Gasteiger charge is -2.27. The van der Waals surface area contributed by atoms with Gasteiger partial charge in [0.05, 0.1) is 18.3 Å². The van der Waals surface area contributed by atoms with E-state index in [9.17, 15) is 9.59 Å². The third-order valence-corrected chi connectivity index (χ3v) is 5.18. The van der Waals surface area contributed by atoms with Gasteiger partial charge in [0.2, 0.25) is 0 Å². The first-order valence-electron chi connectivity index (χ1n) is 8.38. The van der Waals surface area contributed by atoms with Crippen molar-refractivity contribution < 1.29 is 19.1 Å². The second kappa shape index (κ2) is 7.74. The van der Waals surface area contributed by atoms with Crippen molar-refractivity contribution in [1.29, 1.82) is 0 Å². The van der Waals surface area contributed by atoms with Crippen LogP contribution in [0.3, 0.4) is 0 Å². The molecule has 1 amide bonds. The molecular formula is C18H21N3O4S. The van der Waals surface area contributed by atoms with E-state index in [4.69, 9.17) is 9.47 Å². The third kappa shape index (κ3) is 3.65. The summed E-state index contributed by atoms with van der Waals surface area (Å²) in [6.07, 6.45) is -0.248. The SMILES string of the molecule is CNc1snc(C)c1C(=O)OC(C)C(=O)NC1CCOc2ccccc21. The highest BCUT2D eigenvalue weighted by Crippen LogP contribution is 2.31. The van der Waals surface area contributed by atoms with Gasteiger partial charge in [-0.2, -0.15) is 4.37 Å². The fourth-order valence-electron chi connectivity index (χ4n) is 2.83. The van der Waals surface area contributed by atoms with Crippen LogP contribution in [0.1, 0.15) is 41.0 Å². The van der Waals surface area contributed by atoms with Crippen molar-refractivity contribution >= 4 is 28.4 Å². The molecule has 0 saturated heterocycles. The number of rotatable bonds is 5. The van der Waals surface area contributed by atoms with Crippen molar-refractivity contribution in [3.63, 3.8) is 0 Å². The summed E-state index contributed by atoms with van der Waals surface area (Å²) in [5.41, 5.74) is 1.88. The number of nitrogens with zero attached hydrogens (tertiary/aromatic N) is 1. The zero-order chi connectivity index (χ0) is 18.7. The molecular weight excluding hydrogens is 354 g/mol. The molecule has 0 spiro atoms. The quantitative estimate of drug-likeness (QED) is 0.781. The minimum absolute atomic E-state index is 0.161. The number of carbonyl (C=O) groups is 2. The highest BCUT2D eigenvalue weighted by molar-refractivity contribution is 7.10. The predicted molar refractivity (Wildman–Crippen MR) is 98.7 cm³/mol. The standard InChI is InChI=1S/C18H21N3O4S/c1-10-15(17(19-3)26-21-10)18(23)25-11(2)16(22)20-13-8-9-24-14-7-5-4-6-12(13)14/h4-7,11,13,19H,8-9H2,1-3H3,(H,20,22). The molecule has 2 N–H and O–H groups in total. The molecule has 138 valence electrons. The molecule has 0 bridgehead atoms. The van der Waals surface area contributed by atoms with Gasteiger partial charge in [0.25, 0.3) is 5.91 Å². The van der Waals surface area contributed by atoms with Crippen molar-refractivity contribution in [3.8, 4) is 5.75 Å². The van der Waals surface area contributed by atoms with Crippen LogP contribution in [0, 0.1) is 6.92 Å². The summed E-state index contributed by atoms with van der Waals surface area (Å²) in [5, 5.41) is 6.48. The number of nitrogens with one attached hydrogen (secondary N) is 2. The van der Waals surface area contributed by atoms with Gasteiger partial charge in [0.15, 0.2) is 6.10 Å². The number of ether oxygens (including phenoxy) is 2. The number of anilines is 1. The summed E-state index contributed by atoms with van der Waals surface area (Å²) in [7, 11) is 1.71. The van der Waals surface area contributed by atoms with E-state index in [1.807, 2.05) is 24.3 Å². The van der Waals surface area contributed by atoms with E-state index in [1.165, 1.54) is 11.5 Å². The van der Waals surface area contributed by atoms with Crippen molar-refractivity contribution in [2.45, 2.75) is 32.4 Å². The largest absolute Gasteiger partial charge is 0.493 e. The van der Waals surface area contributed by atoms with Crippen LogP contribution in [0.4, 0.5) is 5.00 Å². The van der Waals surface area contributed by atoms with Gasteiger partial charge in [-0.1, -0.05) is 18.2 Å². The van der Waals surface area contributed by atoms with Crippen molar-refractivity contribution in [1.82, 2.24) is 9.69 Å². The molecule has 0 radical (unpaired) electrons. The second-order valence-electron chi connectivity index (χ2n) is 6.01. The normalized spacial score (nSPS) is 16.8. The summed E-state index contributed by atoms with van der Waals surface area (Å²) < 4.78 is 15.1. The molecule has 1 aliphatic rings. The van der Waals surface area contributed by atoms with Gasteiger partial charge < -0.3 is 20.1 Å². The molecule has 2 aromatic rings. The van der Waals surface area contributed by atoms with E-state index in [0.717, 1.165) is 11.3 Å². The molecule has 0 fully saturated rings. The van der Waals surface area contributed by atoms with Crippen LogP contribution in [-0.2, 0) is 9.53 Å². The molecule has 1 aromatic heterocycles. The smallest absolute Gasteiger partial charge is 0.343 e. The number of hydrogen-bond donors (Lipinski definition) is 2. The molecule has 2 atom stereocenters. The monoisotopic (exact) mass is 375 g/mol. The number of aryl methyl sites for hydroxylation is 1. The van der Waals surface area contributed by atoms with Crippen LogP contribution in [0.25, 0.3) is 0 Å². The first-order chi connectivity index (χ1) is 12.5. The Hall–Kier alpha value is -2.61. The van der Waals surface area contributed by atoms with Crippen LogP contribution < -0.4 is 15.4 Å². The minimum Gasteiger partial charge on any atom is -0.493 e. The molecule has 1 aliphatic heterocycles. The Morgan fingerprint density at radius 1 is 1.38 bits per heavy atom. The second-order valence-corrected chi connectivity index (χ2v) is 6.78. The van der Waals surface area contributed by atoms with Crippen LogP contribution >= 0.6 is 11.5 Å². The molecule has 8 heteroatoms. The van der Waals surface area contributed by atoms with Gasteiger partial charge in [-0.3, -0.25) is 4.79 Å². The van der Waals surface area contributed by atoms with E-state index < -0.39 is 12.1 Å². The number of aromatic nitrogens is 1. The first-order valence-corrected chi connectivity index (χ1v) is 9.15. The number of amides is 1. The molecule has 2 heterocycles. The molecule has 1 aromatic carbocycles. The number of hydrogen-bond acceptors (Lipinski definition) is 7. The molecule has 26 heavy (non-hydrogen) atoms.